The number of oxime groups is 1. The molecular formula is C12H19N5O2. The molecular weight excluding hydrogens is 246 g/mol. The van der Waals surface area contributed by atoms with E-state index in [9.17, 15) is 4.79 Å². The highest BCUT2D eigenvalue weighted by Crippen LogP contribution is 2.28. The van der Waals surface area contributed by atoms with Crippen LogP contribution in [0.4, 0.5) is 5.82 Å². The number of carbonyl (C=O) groups is 1. The SMILES string of the molecule is NC(=NO)c1cn[nH]c1NC(=O)CCC1CCCC1. The second-order valence-electron chi connectivity index (χ2n) is 4.88. The Morgan fingerprint density at radius 2 is 2.32 bits per heavy atom. The molecule has 2 rings (SSSR count). The standard InChI is InChI=1S/C12H19N5O2/c13-11(17-19)9-7-14-16-12(9)15-10(18)6-5-8-3-1-2-4-8/h7-8,19H,1-6H2,(H2,13,17)(H2,14,15,16,18). The van der Waals surface area contributed by atoms with E-state index in [0.717, 1.165) is 6.42 Å². The first kappa shape index (κ1) is 13.4. The maximum atomic E-state index is 11.8. The smallest absolute Gasteiger partial charge is 0.225 e. The first-order chi connectivity index (χ1) is 9.20. The Labute approximate surface area is 111 Å². The minimum Gasteiger partial charge on any atom is -0.409 e. The summed E-state index contributed by atoms with van der Waals surface area (Å²) < 4.78 is 0. The first-order valence-corrected chi connectivity index (χ1v) is 6.52. The number of rotatable bonds is 5. The fraction of sp³-hybridized carbons (Fsp3) is 0.583. The summed E-state index contributed by atoms with van der Waals surface area (Å²) in [5, 5.41) is 20.6. The number of nitrogens with two attached hydrogens (primary N) is 1. The average molecular weight is 265 g/mol. The van der Waals surface area contributed by atoms with E-state index in [0.29, 0.717) is 23.7 Å². The molecule has 104 valence electrons. The Morgan fingerprint density at radius 3 is 3.00 bits per heavy atom. The number of anilines is 1. The van der Waals surface area contributed by atoms with Gasteiger partial charge in [-0.1, -0.05) is 30.8 Å². The van der Waals surface area contributed by atoms with Gasteiger partial charge in [-0.25, -0.2) is 0 Å². The summed E-state index contributed by atoms with van der Waals surface area (Å²) in [4.78, 5) is 11.8. The summed E-state index contributed by atoms with van der Waals surface area (Å²) in [5.41, 5.74) is 5.86. The van der Waals surface area contributed by atoms with Crippen molar-refractivity contribution in [3.63, 3.8) is 0 Å². The van der Waals surface area contributed by atoms with Gasteiger partial charge in [-0.15, -0.1) is 0 Å². The molecule has 7 nitrogen and oxygen atoms in total. The van der Waals surface area contributed by atoms with Gasteiger partial charge in [-0.3, -0.25) is 9.89 Å². The van der Waals surface area contributed by atoms with Crippen LogP contribution in [-0.4, -0.2) is 27.1 Å². The summed E-state index contributed by atoms with van der Waals surface area (Å²) in [5.74, 6) is 0.880. The van der Waals surface area contributed by atoms with Gasteiger partial charge in [-0.2, -0.15) is 5.10 Å². The molecule has 0 unspecified atom stereocenters. The van der Waals surface area contributed by atoms with Gasteiger partial charge in [-0.05, 0) is 12.3 Å². The maximum Gasteiger partial charge on any atom is 0.225 e. The molecule has 1 aromatic heterocycles. The fourth-order valence-electron chi connectivity index (χ4n) is 2.47. The van der Waals surface area contributed by atoms with E-state index in [1.54, 1.807) is 0 Å². The zero-order valence-electron chi connectivity index (χ0n) is 10.7. The summed E-state index contributed by atoms with van der Waals surface area (Å²) >= 11 is 0. The lowest BCUT2D eigenvalue weighted by Gasteiger charge is -2.08. The molecule has 19 heavy (non-hydrogen) atoms. The Bertz CT molecular complexity index is 462. The Morgan fingerprint density at radius 1 is 1.58 bits per heavy atom. The number of amidine groups is 1. The van der Waals surface area contributed by atoms with Gasteiger partial charge in [0, 0.05) is 6.42 Å². The normalized spacial score (nSPS) is 16.7. The number of H-pyrrole nitrogens is 1. The van der Waals surface area contributed by atoms with E-state index in [1.807, 2.05) is 0 Å². The monoisotopic (exact) mass is 265 g/mol. The molecule has 1 aliphatic rings. The van der Waals surface area contributed by atoms with Crippen molar-refractivity contribution in [2.45, 2.75) is 38.5 Å². The lowest BCUT2D eigenvalue weighted by Crippen LogP contribution is -2.18. The largest absolute Gasteiger partial charge is 0.409 e. The quantitative estimate of drug-likeness (QED) is 0.279. The molecule has 0 saturated heterocycles. The number of aromatic amines is 1. The van der Waals surface area contributed by atoms with Gasteiger partial charge < -0.3 is 16.3 Å². The predicted octanol–water partition coefficient (Wildman–Crippen LogP) is 1.41. The van der Waals surface area contributed by atoms with E-state index in [2.05, 4.69) is 20.7 Å². The zero-order valence-corrected chi connectivity index (χ0v) is 10.7. The van der Waals surface area contributed by atoms with Crippen LogP contribution in [0, 0.1) is 5.92 Å². The van der Waals surface area contributed by atoms with Crippen LogP contribution in [0.5, 0.6) is 0 Å². The minimum absolute atomic E-state index is 0.0804. The van der Waals surface area contributed by atoms with Gasteiger partial charge >= 0.3 is 0 Å². The Kier molecular flexibility index (Phi) is 4.38. The number of aromatic nitrogens is 2. The molecule has 0 aromatic carbocycles. The molecule has 1 aromatic rings. The molecule has 1 amide bonds. The topological polar surface area (TPSA) is 116 Å². The fourth-order valence-corrected chi connectivity index (χ4v) is 2.47. The van der Waals surface area contributed by atoms with Gasteiger partial charge in [0.05, 0.1) is 11.8 Å². The first-order valence-electron chi connectivity index (χ1n) is 6.52. The van der Waals surface area contributed by atoms with Gasteiger partial charge in [0.15, 0.2) is 5.84 Å². The molecule has 0 spiro atoms. The third kappa shape index (κ3) is 3.46. The van der Waals surface area contributed by atoms with Crippen LogP contribution in [0.1, 0.15) is 44.1 Å². The van der Waals surface area contributed by atoms with Crippen molar-refractivity contribution in [2.75, 3.05) is 5.32 Å². The van der Waals surface area contributed by atoms with Gasteiger partial charge in [0.2, 0.25) is 5.91 Å². The van der Waals surface area contributed by atoms with Crippen LogP contribution in [0.25, 0.3) is 0 Å². The molecule has 1 aliphatic carbocycles. The number of hydrogen-bond donors (Lipinski definition) is 4. The van der Waals surface area contributed by atoms with Crippen LogP contribution in [0.2, 0.25) is 0 Å². The van der Waals surface area contributed by atoms with Crippen molar-refractivity contribution in [1.29, 1.82) is 0 Å². The number of nitrogens with one attached hydrogen (secondary N) is 2. The third-order valence-electron chi connectivity index (χ3n) is 3.54. The summed E-state index contributed by atoms with van der Waals surface area (Å²) in [6.07, 6.45) is 7.82. The number of nitrogens with zero attached hydrogens (tertiary/aromatic N) is 2. The van der Waals surface area contributed by atoms with Crippen molar-refractivity contribution >= 4 is 17.6 Å². The number of hydrogen-bond acceptors (Lipinski definition) is 4. The zero-order chi connectivity index (χ0) is 13.7. The van der Waals surface area contributed by atoms with Crippen molar-refractivity contribution in [2.24, 2.45) is 16.8 Å². The summed E-state index contributed by atoms with van der Waals surface area (Å²) in [6.45, 7) is 0. The molecule has 1 saturated carbocycles. The minimum atomic E-state index is -0.0835. The molecule has 0 aliphatic heterocycles. The van der Waals surface area contributed by atoms with Crippen molar-refractivity contribution in [3.05, 3.63) is 11.8 Å². The number of amides is 1. The Balaban J connectivity index is 1.86. The lowest BCUT2D eigenvalue weighted by molar-refractivity contribution is -0.116. The highest BCUT2D eigenvalue weighted by atomic mass is 16.4. The van der Waals surface area contributed by atoms with Gasteiger partial charge in [0.25, 0.3) is 0 Å². The molecule has 0 atom stereocenters. The molecule has 0 bridgehead atoms. The van der Waals surface area contributed by atoms with Crippen LogP contribution in [-0.2, 0) is 4.79 Å². The van der Waals surface area contributed by atoms with Crippen LogP contribution < -0.4 is 11.1 Å². The van der Waals surface area contributed by atoms with E-state index in [4.69, 9.17) is 10.9 Å². The van der Waals surface area contributed by atoms with Crippen molar-refractivity contribution in [1.82, 2.24) is 10.2 Å². The van der Waals surface area contributed by atoms with Crippen LogP contribution in [0.3, 0.4) is 0 Å². The van der Waals surface area contributed by atoms with Crippen LogP contribution >= 0.6 is 0 Å². The Hall–Kier alpha value is -2.05. The second kappa shape index (κ2) is 6.21. The highest BCUT2D eigenvalue weighted by Gasteiger charge is 2.17. The van der Waals surface area contributed by atoms with E-state index >= 15 is 0 Å². The molecule has 1 fully saturated rings. The highest BCUT2D eigenvalue weighted by molar-refractivity contribution is 6.04. The van der Waals surface area contributed by atoms with Gasteiger partial charge in [0.1, 0.15) is 5.82 Å². The summed E-state index contributed by atoms with van der Waals surface area (Å²) in [6, 6.07) is 0. The van der Waals surface area contributed by atoms with E-state index in [1.165, 1.54) is 31.9 Å². The molecule has 0 radical (unpaired) electrons. The number of carbonyl (C=O) groups excluding carboxylic acids is 1. The molecule has 1 heterocycles. The maximum absolute atomic E-state index is 11.8. The third-order valence-corrected chi connectivity index (χ3v) is 3.54. The lowest BCUT2D eigenvalue weighted by atomic mass is 10.0. The van der Waals surface area contributed by atoms with E-state index < -0.39 is 0 Å². The van der Waals surface area contributed by atoms with Crippen LogP contribution in [0.15, 0.2) is 11.4 Å². The van der Waals surface area contributed by atoms with Crippen molar-refractivity contribution in [3.8, 4) is 0 Å². The van der Waals surface area contributed by atoms with Crippen molar-refractivity contribution < 1.29 is 10.0 Å². The summed E-state index contributed by atoms with van der Waals surface area (Å²) in [7, 11) is 0. The molecule has 5 N–H and O–H groups in total. The average Bonchev–Trinajstić information content (AvgIpc) is 3.06. The predicted molar refractivity (Wildman–Crippen MR) is 70.9 cm³/mol. The van der Waals surface area contributed by atoms with E-state index in [-0.39, 0.29) is 11.7 Å². The second-order valence-corrected chi connectivity index (χ2v) is 4.88. The molecule has 7 heteroatoms.